The Morgan fingerprint density at radius 2 is 1.67 bits per heavy atom. The van der Waals surface area contributed by atoms with Crippen molar-refractivity contribution in [1.82, 2.24) is 0 Å². The van der Waals surface area contributed by atoms with E-state index in [0.717, 1.165) is 24.8 Å². The van der Waals surface area contributed by atoms with Crippen LogP contribution in [0.15, 0.2) is 17.7 Å². The average molecular weight is 399 g/mol. The van der Waals surface area contributed by atoms with Gasteiger partial charge in [0, 0.05) is 5.56 Å². The Morgan fingerprint density at radius 1 is 1.07 bits per heavy atom. The van der Waals surface area contributed by atoms with Crippen LogP contribution in [0.3, 0.4) is 0 Å². The molecular formula is C22H35ClO4. The molecule has 27 heavy (non-hydrogen) atoms. The van der Waals surface area contributed by atoms with Crippen molar-refractivity contribution in [2.75, 3.05) is 0 Å². The number of hydrogen-bond acceptors (Lipinski definition) is 4. The van der Waals surface area contributed by atoms with Crippen LogP contribution in [-0.2, 0) is 6.42 Å². The normalized spacial score (nSPS) is 15.0. The largest absolute Gasteiger partial charge is 0.508 e. The van der Waals surface area contributed by atoms with Crippen molar-refractivity contribution in [3.63, 3.8) is 0 Å². The fourth-order valence-corrected chi connectivity index (χ4v) is 3.32. The SMILES string of the molecule is CC(=CCc1c(O)cc(C)c(Cl)c1O)CCCC(C)(O)CCCC(C)(C)O. The molecule has 0 radical (unpaired) electrons. The molecule has 0 saturated carbocycles. The molecule has 0 bridgehead atoms. The Balaban J connectivity index is 2.51. The molecule has 1 unspecified atom stereocenters. The Labute approximate surface area is 168 Å². The molecule has 0 amide bonds. The predicted octanol–water partition coefficient (Wildman–Crippen LogP) is 5.41. The minimum Gasteiger partial charge on any atom is -0.508 e. The van der Waals surface area contributed by atoms with E-state index in [1.165, 1.54) is 0 Å². The Hall–Kier alpha value is -1.23. The van der Waals surface area contributed by atoms with Gasteiger partial charge in [-0.15, -0.1) is 0 Å². The van der Waals surface area contributed by atoms with Crippen LogP contribution in [0.5, 0.6) is 11.5 Å². The minimum atomic E-state index is -0.730. The molecule has 5 heteroatoms. The summed E-state index contributed by atoms with van der Waals surface area (Å²) in [6.07, 6.45) is 6.90. The molecule has 0 spiro atoms. The third-order valence-corrected chi connectivity index (χ3v) is 5.42. The van der Waals surface area contributed by atoms with Gasteiger partial charge in [-0.3, -0.25) is 0 Å². The summed E-state index contributed by atoms with van der Waals surface area (Å²) in [7, 11) is 0. The van der Waals surface area contributed by atoms with Crippen LogP contribution < -0.4 is 0 Å². The number of phenolic OH excluding ortho intramolecular Hbond substituents is 2. The molecule has 0 saturated heterocycles. The van der Waals surface area contributed by atoms with E-state index in [0.29, 0.717) is 36.8 Å². The molecule has 1 rings (SSSR count). The van der Waals surface area contributed by atoms with E-state index in [4.69, 9.17) is 11.6 Å². The smallest absolute Gasteiger partial charge is 0.141 e. The highest BCUT2D eigenvalue weighted by Gasteiger charge is 2.21. The van der Waals surface area contributed by atoms with Crippen molar-refractivity contribution in [2.24, 2.45) is 0 Å². The van der Waals surface area contributed by atoms with Crippen molar-refractivity contribution in [2.45, 2.75) is 90.8 Å². The topological polar surface area (TPSA) is 80.9 Å². The number of rotatable bonds is 10. The third kappa shape index (κ3) is 8.54. The first-order valence-electron chi connectivity index (χ1n) is 9.63. The van der Waals surface area contributed by atoms with Crippen LogP contribution in [0.2, 0.25) is 5.02 Å². The minimum absolute atomic E-state index is 0.0493. The van der Waals surface area contributed by atoms with E-state index in [9.17, 15) is 20.4 Å². The molecule has 4 N–H and O–H groups in total. The zero-order chi connectivity index (χ0) is 20.8. The lowest BCUT2D eigenvalue weighted by molar-refractivity contribution is 0.0226. The second-order valence-electron chi connectivity index (χ2n) is 8.62. The molecule has 4 nitrogen and oxygen atoms in total. The van der Waals surface area contributed by atoms with E-state index < -0.39 is 11.2 Å². The monoisotopic (exact) mass is 398 g/mol. The van der Waals surface area contributed by atoms with E-state index in [1.54, 1.807) is 26.8 Å². The molecule has 0 fully saturated rings. The molecule has 1 atom stereocenters. The van der Waals surface area contributed by atoms with E-state index >= 15 is 0 Å². The highest BCUT2D eigenvalue weighted by Crippen LogP contribution is 2.37. The number of phenols is 2. The highest BCUT2D eigenvalue weighted by molar-refractivity contribution is 6.33. The Kier molecular flexibility index (Phi) is 8.65. The van der Waals surface area contributed by atoms with Gasteiger partial charge < -0.3 is 20.4 Å². The van der Waals surface area contributed by atoms with Gasteiger partial charge in [0.15, 0.2) is 0 Å². The summed E-state index contributed by atoms with van der Waals surface area (Å²) < 4.78 is 0. The van der Waals surface area contributed by atoms with Crippen molar-refractivity contribution in [1.29, 1.82) is 0 Å². The molecule has 0 aliphatic carbocycles. The van der Waals surface area contributed by atoms with E-state index in [1.807, 2.05) is 19.9 Å². The Bertz CT molecular complexity index is 657. The number of benzene rings is 1. The molecule has 1 aromatic carbocycles. The quantitative estimate of drug-likeness (QED) is 0.397. The Morgan fingerprint density at radius 3 is 2.26 bits per heavy atom. The summed E-state index contributed by atoms with van der Waals surface area (Å²) in [5.74, 6) is -0.0128. The van der Waals surface area contributed by atoms with Crippen LogP contribution in [0.1, 0.15) is 77.3 Å². The summed E-state index contributed by atoms with van der Waals surface area (Å²) in [4.78, 5) is 0. The third-order valence-electron chi connectivity index (χ3n) is 4.95. The molecular weight excluding hydrogens is 364 g/mol. The maximum Gasteiger partial charge on any atom is 0.141 e. The molecule has 0 aromatic heterocycles. The lowest BCUT2D eigenvalue weighted by Gasteiger charge is -2.25. The zero-order valence-electron chi connectivity index (χ0n) is 17.3. The van der Waals surface area contributed by atoms with Crippen molar-refractivity contribution in [3.8, 4) is 11.5 Å². The lowest BCUT2D eigenvalue weighted by Crippen LogP contribution is -2.26. The number of aliphatic hydroxyl groups is 2. The number of hydrogen-bond donors (Lipinski definition) is 4. The average Bonchev–Trinajstić information content (AvgIpc) is 2.51. The first-order valence-corrected chi connectivity index (χ1v) is 10.0. The molecule has 0 heterocycles. The van der Waals surface area contributed by atoms with Gasteiger partial charge in [-0.25, -0.2) is 0 Å². The number of aromatic hydroxyl groups is 2. The van der Waals surface area contributed by atoms with Crippen LogP contribution >= 0.6 is 11.6 Å². The molecule has 0 aliphatic heterocycles. The fourth-order valence-electron chi connectivity index (χ4n) is 3.15. The second-order valence-corrected chi connectivity index (χ2v) is 9.00. The summed E-state index contributed by atoms with van der Waals surface area (Å²) in [6.45, 7) is 9.16. The predicted molar refractivity (Wildman–Crippen MR) is 112 cm³/mol. The molecule has 154 valence electrons. The number of aryl methyl sites for hydroxylation is 1. The van der Waals surface area contributed by atoms with Gasteiger partial charge in [-0.2, -0.15) is 0 Å². The van der Waals surface area contributed by atoms with Gasteiger partial charge in [-0.05, 0) is 91.2 Å². The van der Waals surface area contributed by atoms with Gasteiger partial charge in [0.25, 0.3) is 0 Å². The number of allylic oxidation sites excluding steroid dienone is 2. The lowest BCUT2D eigenvalue weighted by atomic mass is 9.89. The van der Waals surface area contributed by atoms with Crippen LogP contribution in [0, 0.1) is 6.92 Å². The van der Waals surface area contributed by atoms with Crippen molar-refractivity contribution < 1.29 is 20.4 Å². The summed E-state index contributed by atoms with van der Waals surface area (Å²) in [5.41, 5.74) is 0.794. The van der Waals surface area contributed by atoms with Gasteiger partial charge in [0.1, 0.15) is 11.5 Å². The zero-order valence-corrected chi connectivity index (χ0v) is 18.0. The maximum absolute atomic E-state index is 10.5. The molecule has 0 aliphatic rings. The van der Waals surface area contributed by atoms with Crippen molar-refractivity contribution >= 4 is 11.6 Å². The first kappa shape index (κ1) is 23.8. The second kappa shape index (κ2) is 9.81. The first-order chi connectivity index (χ1) is 12.3. The van der Waals surface area contributed by atoms with Crippen molar-refractivity contribution in [3.05, 3.63) is 33.9 Å². The number of halogens is 1. The standard InChI is InChI=1S/C22H35ClO4/c1-15(8-6-12-22(5,27)13-7-11-21(3,4)26)9-10-17-18(24)14-16(2)19(23)20(17)25/h9,14,24-27H,6-8,10-13H2,1-5H3. The van der Waals surface area contributed by atoms with Gasteiger partial charge >= 0.3 is 0 Å². The van der Waals surface area contributed by atoms with Crippen LogP contribution in [0.4, 0.5) is 0 Å². The van der Waals surface area contributed by atoms with Crippen LogP contribution in [0.25, 0.3) is 0 Å². The van der Waals surface area contributed by atoms with E-state index in [2.05, 4.69) is 0 Å². The molecule has 1 aromatic rings. The van der Waals surface area contributed by atoms with Crippen LogP contribution in [-0.4, -0.2) is 31.6 Å². The maximum atomic E-state index is 10.5. The summed E-state index contributed by atoms with van der Waals surface area (Å²) in [5, 5.41) is 40.7. The fraction of sp³-hybridized carbons (Fsp3) is 0.636. The van der Waals surface area contributed by atoms with Gasteiger partial charge in [0.05, 0.1) is 16.2 Å². The summed E-state index contributed by atoms with van der Waals surface area (Å²) in [6, 6.07) is 1.56. The van der Waals surface area contributed by atoms with Gasteiger partial charge in [0.2, 0.25) is 0 Å². The van der Waals surface area contributed by atoms with Gasteiger partial charge in [-0.1, -0.05) is 23.3 Å². The van der Waals surface area contributed by atoms with E-state index in [-0.39, 0.29) is 16.5 Å². The summed E-state index contributed by atoms with van der Waals surface area (Å²) >= 11 is 6.05. The highest BCUT2D eigenvalue weighted by atomic mass is 35.5.